The minimum atomic E-state index is -0.280. The SMILES string of the molecule is C[C@H](O)C[C@H]1CCCN1Cc1nc(-c2ccc(Cl)cc2)no1. The Morgan fingerprint density at radius 2 is 2.18 bits per heavy atom. The molecule has 6 heteroatoms. The molecular formula is C16H20ClN3O2. The third kappa shape index (κ3) is 3.66. The van der Waals surface area contributed by atoms with E-state index in [1.165, 1.54) is 0 Å². The maximum atomic E-state index is 9.58. The smallest absolute Gasteiger partial charge is 0.241 e. The van der Waals surface area contributed by atoms with E-state index < -0.39 is 0 Å². The molecule has 2 heterocycles. The Kier molecular flexibility index (Phi) is 4.76. The van der Waals surface area contributed by atoms with Gasteiger partial charge in [-0.05, 0) is 57.0 Å². The Balaban J connectivity index is 1.67. The number of nitrogens with zero attached hydrogens (tertiary/aromatic N) is 3. The molecule has 1 aliphatic rings. The average Bonchev–Trinajstić information content (AvgIpc) is 3.10. The number of aliphatic hydroxyl groups is 1. The highest BCUT2D eigenvalue weighted by atomic mass is 35.5. The van der Waals surface area contributed by atoms with Crippen molar-refractivity contribution in [1.29, 1.82) is 0 Å². The molecule has 5 nitrogen and oxygen atoms in total. The number of aliphatic hydroxyl groups excluding tert-OH is 1. The van der Waals surface area contributed by atoms with Crippen LogP contribution in [0.3, 0.4) is 0 Å². The van der Waals surface area contributed by atoms with E-state index in [4.69, 9.17) is 16.1 Å². The number of aromatic nitrogens is 2. The zero-order valence-corrected chi connectivity index (χ0v) is 13.3. The predicted octanol–water partition coefficient (Wildman–Crippen LogP) is 3.13. The van der Waals surface area contributed by atoms with E-state index in [1.807, 2.05) is 31.2 Å². The fraction of sp³-hybridized carbons (Fsp3) is 0.500. The molecule has 0 radical (unpaired) electrons. The highest BCUT2D eigenvalue weighted by Gasteiger charge is 2.27. The summed E-state index contributed by atoms with van der Waals surface area (Å²) in [5.74, 6) is 1.19. The molecule has 0 saturated carbocycles. The molecule has 2 aromatic rings. The van der Waals surface area contributed by atoms with Gasteiger partial charge in [0, 0.05) is 16.6 Å². The lowest BCUT2D eigenvalue weighted by atomic mass is 10.1. The molecule has 1 aromatic heterocycles. The van der Waals surface area contributed by atoms with Gasteiger partial charge in [-0.2, -0.15) is 4.98 Å². The van der Waals surface area contributed by atoms with Gasteiger partial charge in [0.2, 0.25) is 11.7 Å². The van der Waals surface area contributed by atoms with Crippen LogP contribution in [0.2, 0.25) is 5.02 Å². The van der Waals surface area contributed by atoms with Crippen molar-refractivity contribution in [2.45, 2.75) is 44.9 Å². The van der Waals surface area contributed by atoms with E-state index in [1.54, 1.807) is 0 Å². The molecule has 1 N–H and O–H groups in total. The minimum Gasteiger partial charge on any atom is -0.393 e. The number of likely N-dealkylation sites (tertiary alicyclic amines) is 1. The van der Waals surface area contributed by atoms with Crippen LogP contribution in [-0.2, 0) is 6.54 Å². The van der Waals surface area contributed by atoms with Crippen molar-refractivity contribution in [3.63, 3.8) is 0 Å². The second-order valence-corrected chi connectivity index (χ2v) is 6.31. The fourth-order valence-corrected chi connectivity index (χ4v) is 3.10. The Labute approximate surface area is 134 Å². The number of hydrogen-bond donors (Lipinski definition) is 1. The van der Waals surface area contributed by atoms with Gasteiger partial charge in [0.05, 0.1) is 12.6 Å². The quantitative estimate of drug-likeness (QED) is 0.916. The van der Waals surface area contributed by atoms with Crippen molar-refractivity contribution in [3.8, 4) is 11.4 Å². The lowest BCUT2D eigenvalue weighted by molar-refractivity contribution is 0.124. The van der Waals surface area contributed by atoms with Gasteiger partial charge in [-0.1, -0.05) is 16.8 Å². The Morgan fingerprint density at radius 1 is 1.41 bits per heavy atom. The molecule has 22 heavy (non-hydrogen) atoms. The summed E-state index contributed by atoms with van der Waals surface area (Å²) in [6.07, 6.45) is 2.77. The van der Waals surface area contributed by atoms with Crippen LogP contribution < -0.4 is 0 Å². The first kappa shape index (κ1) is 15.5. The number of hydrogen-bond acceptors (Lipinski definition) is 5. The van der Waals surface area contributed by atoms with Crippen LogP contribution in [0.5, 0.6) is 0 Å². The van der Waals surface area contributed by atoms with Gasteiger partial charge < -0.3 is 9.63 Å². The summed E-state index contributed by atoms with van der Waals surface area (Å²) in [6.45, 7) is 3.48. The molecule has 0 aliphatic carbocycles. The molecule has 0 unspecified atom stereocenters. The van der Waals surface area contributed by atoms with Crippen molar-refractivity contribution in [3.05, 3.63) is 35.2 Å². The second kappa shape index (κ2) is 6.77. The normalized spacial score (nSPS) is 20.4. The van der Waals surface area contributed by atoms with Crippen molar-refractivity contribution < 1.29 is 9.63 Å². The van der Waals surface area contributed by atoms with Crippen molar-refractivity contribution in [2.24, 2.45) is 0 Å². The van der Waals surface area contributed by atoms with Gasteiger partial charge >= 0.3 is 0 Å². The van der Waals surface area contributed by atoms with Crippen LogP contribution >= 0.6 is 11.6 Å². The molecule has 1 saturated heterocycles. The maximum absolute atomic E-state index is 9.58. The van der Waals surface area contributed by atoms with Crippen LogP contribution in [0.4, 0.5) is 0 Å². The van der Waals surface area contributed by atoms with E-state index in [0.717, 1.165) is 31.4 Å². The van der Waals surface area contributed by atoms with Crippen LogP contribution in [0.15, 0.2) is 28.8 Å². The molecule has 1 aliphatic heterocycles. The maximum Gasteiger partial charge on any atom is 0.241 e. The van der Waals surface area contributed by atoms with E-state index in [0.29, 0.717) is 29.3 Å². The Bertz CT molecular complexity index is 612. The first-order valence-electron chi connectivity index (χ1n) is 7.62. The molecule has 2 atom stereocenters. The van der Waals surface area contributed by atoms with Crippen LogP contribution in [0, 0.1) is 0 Å². The summed E-state index contributed by atoms with van der Waals surface area (Å²) >= 11 is 5.88. The van der Waals surface area contributed by atoms with Crippen molar-refractivity contribution >= 4 is 11.6 Å². The van der Waals surface area contributed by atoms with Crippen LogP contribution in [-0.4, -0.2) is 38.8 Å². The third-order valence-electron chi connectivity index (χ3n) is 4.02. The number of halogens is 1. The average molecular weight is 322 g/mol. The Morgan fingerprint density at radius 3 is 2.91 bits per heavy atom. The highest BCUT2D eigenvalue weighted by molar-refractivity contribution is 6.30. The molecule has 0 amide bonds. The summed E-state index contributed by atoms with van der Waals surface area (Å²) in [5.41, 5.74) is 0.890. The van der Waals surface area contributed by atoms with E-state index in [9.17, 15) is 5.11 Å². The molecule has 1 aromatic carbocycles. The zero-order chi connectivity index (χ0) is 15.5. The molecule has 3 rings (SSSR count). The standard InChI is InChI=1S/C16H20ClN3O2/c1-11(21)9-14-3-2-8-20(14)10-15-18-16(19-22-15)12-4-6-13(17)7-5-12/h4-7,11,14,21H,2-3,8-10H2,1H3/t11-,14+/m0/s1. The van der Waals surface area contributed by atoms with Crippen LogP contribution in [0.1, 0.15) is 32.1 Å². The van der Waals surface area contributed by atoms with Crippen LogP contribution in [0.25, 0.3) is 11.4 Å². The zero-order valence-electron chi connectivity index (χ0n) is 12.6. The van der Waals surface area contributed by atoms with Gasteiger partial charge in [0.1, 0.15) is 0 Å². The lowest BCUT2D eigenvalue weighted by Crippen LogP contribution is -2.31. The van der Waals surface area contributed by atoms with Gasteiger partial charge in [0.15, 0.2) is 0 Å². The minimum absolute atomic E-state index is 0.280. The predicted molar refractivity (Wildman–Crippen MR) is 84.5 cm³/mol. The molecular weight excluding hydrogens is 302 g/mol. The largest absolute Gasteiger partial charge is 0.393 e. The van der Waals surface area contributed by atoms with E-state index in [2.05, 4.69) is 15.0 Å². The summed E-state index contributed by atoms with van der Waals surface area (Å²) in [7, 11) is 0. The first-order valence-corrected chi connectivity index (χ1v) is 8.00. The summed E-state index contributed by atoms with van der Waals surface area (Å²) < 4.78 is 5.37. The van der Waals surface area contributed by atoms with Crippen molar-refractivity contribution in [1.82, 2.24) is 15.0 Å². The van der Waals surface area contributed by atoms with Gasteiger partial charge in [0.25, 0.3) is 0 Å². The first-order chi connectivity index (χ1) is 10.6. The monoisotopic (exact) mass is 321 g/mol. The second-order valence-electron chi connectivity index (χ2n) is 5.87. The van der Waals surface area contributed by atoms with E-state index >= 15 is 0 Å². The molecule has 0 bridgehead atoms. The van der Waals surface area contributed by atoms with Gasteiger partial charge in [-0.3, -0.25) is 4.90 Å². The topological polar surface area (TPSA) is 62.4 Å². The molecule has 1 fully saturated rings. The van der Waals surface area contributed by atoms with Crippen molar-refractivity contribution in [2.75, 3.05) is 6.54 Å². The highest BCUT2D eigenvalue weighted by Crippen LogP contribution is 2.24. The summed E-state index contributed by atoms with van der Waals surface area (Å²) in [6, 6.07) is 7.77. The fourth-order valence-electron chi connectivity index (χ4n) is 2.97. The summed E-state index contributed by atoms with van der Waals surface area (Å²) in [4.78, 5) is 6.77. The summed E-state index contributed by atoms with van der Waals surface area (Å²) in [5, 5.41) is 14.3. The molecule has 118 valence electrons. The van der Waals surface area contributed by atoms with E-state index in [-0.39, 0.29) is 6.10 Å². The lowest BCUT2D eigenvalue weighted by Gasteiger charge is -2.23. The number of benzene rings is 1. The van der Waals surface area contributed by atoms with Gasteiger partial charge in [-0.25, -0.2) is 0 Å². The number of rotatable bonds is 5. The molecule has 0 spiro atoms. The third-order valence-corrected chi connectivity index (χ3v) is 4.27. The Hall–Kier alpha value is -1.43. The van der Waals surface area contributed by atoms with Gasteiger partial charge in [-0.15, -0.1) is 0 Å².